The van der Waals surface area contributed by atoms with Gasteiger partial charge in [-0.05, 0) is 69.2 Å². The lowest BCUT2D eigenvalue weighted by Crippen LogP contribution is -2.55. The van der Waals surface area contributed by atoms with E-state index in [-0.39, 0.29) is 0 Å². The van der Waals surface area contributed by atoms with E-state index >= 15 is 8.63 Å². The number of piperidine rings is 2. The molecular formula is C26H31BF2N4. The Morgan fingerprint density at radius 2 is 1.39 bits per heavy atom. The van der Waals surface area contributed by atoms with Crippen LogP contribution in [0.25, 0.3) is 5.57 Å². The number of hydrogen-bond acceptors (Lipinski definition) is 2. The molecule has 5 heterocycles. The van der Waals surface area contributed by atoms with Crippen molar-refractivity contribution in [2.75, 3.05) is 31.1 Å². The number of aryl methyl sites for hydroxylation is 1. The molecule has 0 unspecified atom stereocenters. The van der Waals surface area contributed by atoms with E-state index in [1.165, 1.54) is 27.4 Å². The Hall–Kier alpha value is -2.83. The van der Waals surface area contributed by atoms with Gasteiger partial charge in [-0.1, -0.05) is 29.8 Å². The maximum Gasteiger partial charge on any atom is 0.640 e. The predicted molar refractivity (Wildman–Crippen MR) is 131 cm³/mol. The largest absolute Gasteiger partial charge is 0.640 e. The lowest BCUT2D eigenvalue weighted by atomic mass is 9.86. The van der Waals surface area contributed by atoms with Crippen molar-refractivity contribution >= 4 is 24.2 Å². The van der Waals surface area contributed by atoms with E-state index in [2.05, 4.69) is 41.0 Å². The van der Waals surface area contributed by atoms with Crippen molar-refractivity contribution in [3.05, 3.63) is 71.1 Å². The van der Waals surface area contributed by atoms with Gasteiger partial charge in [-0.15, -0.1) is 0 Å². The summed E-state index contributed by atoms with van der Waals surface area (Å²) in [6, 6.07) is 12.1. The second-order valence-corrected chi connectivity index (χ2v) is 9.82. The van der Waals surface area contributed by atoms with Gasteiger partial charge in [0, 0.05) is 30.4 Å². The SMILES string of the molecule is Cc1ccc(C2=C3C=CC(N4CCCCC4)=[N+]3[B-](F)(F)n3c2ccc3N2CCCCC2)cc1. The first-order valence-corrected chi connectivity index (χ1v) is 12.5. The van der Waals surface area contributed by atoms with Crippen LogP contribution in [0.5, 0.6) is 0 Å². The highest BCUT2D eigenvalue weighted by Gasteiger charge is 2.51. The molecule has 0 atom stereocenters. The molecule has 4 aliphatic heterocycles. The third-order valence-electron chi connectivity index (χ3n) is 7.63. The zero-order chi connectivity index (χ0) is 22.6. The Kier molecular flexibility index (Phi) is 4.96. The van der Waals surface area contributed by atoms with Gasteiger partial charge in [0.05, 0.1) is 24.6 Å². The second-order valence-electron chi connectivity index (χ2n) is 9.82. The fourth-order valence-corrected chi connectivity index (χ4v) is 5.96. The summed E-state index contributed by atoms with van der Waals surface area (Å²) in [5, 5.41) is 0. The van der Waals surface area contributed by atoms with E-state index in [1.807, 2.05) is 24.3 Å². The molecule has 1 aromatic heterocycles. The van der Waals surface area contributed by atoms with Crippen molar-refractivity contribution < 1.29 is 13.1 Å². The molecule has 4 aliphatic rings. The van der Waals surface area contributed by atoms with Crippen LogP contribution < -0.4 is 4.90 Å². The van der Waals surface area contributed by atoms with Crippen LogP contribution in [-0.2, 0) is 0 Å². The molecule has 33 heavy (non-hydrogen) atoms. The van der Waals surface area contributed by atoms with Gasteiger partial charge in [0.1, 0.15) is 0 Å². The molecule has 2 fully saturated rings. The number of likely N-dealkylation sites (tertiary alicyclic amines) is 1. The maximum absolute atomic E-state index is 16.6. The Morgan fingerprint density at radius 1 is 0.758 bits per heavy atom. The number of nitrogens with zero attached hydrogens (tertiary/aromatic N) is 4. The molecule has 1 aromatic carbocycles. The molecule has 0 aliphatic carbocycles. The molecule has 0 spiro atoms. The summed E-state index contributed by atoms with van der Waals surface area (Å²) < 4.78 is 35.8. The van der Waals surface area contributed by atoms with Gasteiger partial charge in [-0.25, -0.2) is 0 Å². The van der Waals surface area contributed by atoms with Crippen molar-refractivity contribution in [1.29, 1.82) is 0 Å². The minimum Gasteiger partial charge on any atom is -0.414 e. The van der Waals surface area contributed by atoms with Gasteiger partial charge in [0.2, 0.25) is 5.84 Å². The minimum absolute atomic E-state index is 0.625. The van der Waals surface area contributed by atoms with Crippen molar-refractivity contribution in [2.45, 2.75) is 45.4 Å². The van der Waals surface area contributed by atoms with E-state index in [0.717, 1.165) is 63.0 Å². The van der Waals surface area contributed by atoms with E-state index in [0.29, 0.717) is 23.0 Å². The zero-order valence-electron chi connectivity index (χ0n) is 19.3. The van der Waals surface area contributed by atoms with Crippen molar-refractivity contribution in [2.24, 2.45) is 0 Å². The van der Waals surface area contributed by atoms with Crippen LogP contribution in [0.15, 0.2) is 54.2 Å². The summed E-state index contributed by atoms with van der Waals surface area (Å²) >= 11 is 0. The van der Waals surface area contributed by atoms with Crippen LogP contribution in [-0.4, -0.2) is 52.8 Å². The van der Waals surface area contributed by atoms with Crippen LogP contribution in [0.3, 0.4) is 0 Å². The van der Waals surface area contributed by atoms with Gasteiger partial charge in [-0.2, -0.15) is 0 Å². The monoisotopic (exact) mass is 448 g/mol. The summed E-state index contributed by atoms with van der Waals surface area (Å²) in [6.07, 6.45) is 10.4. The summed E-state index contributed by atoms with van der Waals surface area (Å²) in [5.74, 6) is 1.31. The summed E-state index contributed by atoms with van der Waals surface area (Å²) in [6.45, 7) is 1.40. The Labute approximate surface area is 194 Å². The van der Waals surface area contributed by atoms with Crippen LogP contribution in [0.4, 0.5) is 14.4 Å². The Balaban J connectivity index is 1.59. The van der Waals surface area contributed by atoms with Crippen LogP contribution in [0.2, 0.25) is 0 Å². The van der Waals surface area contributed by atoms with Crippen LogP contribution >= 0.6 is 0 Å². The third-order valence-corrected chi connectivity index (χ3v) is 7.63. The normalized spacial score (nSPS) is 22.2. The molecule has 6 rings (SSSR count). The lowest BCUT2D eigenvalue weighted by Gasteiger charge is -2.40. The number of rotatable bonds is 2. The number of allylic oxidation sites excluding steroid dienone is 1. The molecule has 2 saturated heterocycles. The number of aromatic nitrogens is 1. The van der Waals surface area contributed by atoms with E-state index in [1.54, 1.807) is 0 Å². The molecular weight excluding hydrogens is 417 g/mol. The number of halogens is 2. The maximum atomic E-state index is 16.6. The van der Waals surface area contributed by atoms with E-state index in [9.17, 15) is 0 Å². The average Bonchev–Trinajstić information content (AvgIpc) is 3.48. The molecule has 0 saturated carbocycles. The lowest BCUT2D eigenvalue weighted by molar-refractivity contribution is -0.368. The van der Waals surface area contributed by atoms with Crippen molar-refractivity contribution in [3.8, 4) is 0 Å². The standard InChI is InChI=1S/C26H31BF2N4/c1-20-8-10-21(11-9-20)26-22-12-14-24(30-16-4-2-5-17-30)32(22)27(28,29)33-23(26)13-15-25(33)31-18-6-3-7-19-31/h8-15H,2-7,16-19H2,1H3. The number of amidine groups is 1. The molecule has 0 amide bonds. The minimum atomic E-state index is -4.01. The fourth-order valence-electron chi connectivity index (χ4n) is 5.96. The van der Waals surface area contributed by atoms with Crippen molar-refractivity contribution in [3.63, 3.8) is 0 Å². The first kappa shape index (κ1) is 20.8. The highest BCUT2D eigenvalue weighted by atomic mass is 19.2. The number of hydrogen-bond donors (Lipinski definition) is 0. The first-order chi connectivity index (χ1) is 16.1. The topological polar surface area (TPSA) is 14.4 Å². The quantitative estimate of drug-likeness (QED) is 0.583. The predicted octanol–water partition coefficient (Wildman–Crippen LogP) is 5.25. The van der Waals surface area contributed by atoms with Gasteiger partial charge in [0.25, 0.3) is 0 Å². The third kappa shape index (κ3) is 3.27. The Morgan fingerprint density at radius 3 is 2.06 bits per heavy atom. The summed E-state index contributed by atoms with van der Waals surface area (Å²) in [5.41, 5.74) is 4.30. The molecule has 0 radical (unpaired) electrons. The molecule has 7 heteroatoms. The average molecular weight is 448 g/mol. The van der Waals surface area contributed by atoms with Gasteiger partial charge < -0.3 is 22.5 Å². The molecule has 0 bridgehead atoms. The van der Waals surface area contributed by atoms with Gasteiger partial charge >= 0.3 is 6.97 Å². The fraction of sp³-hybridized carbons (Fsp3) is 0.423. The highest BCUT2D eigenvalue weighted by Crippen LogP contribution is 2.43. The Bertz CT molecular complexity index is 1160. The second kappa shape index (κ2) is 7.89. The summed E-state index contributed by atoms with van der Waals surface area (Å²) in [4.78, 5) is 4.31. The first-order valence-electron chi connectivity index (χ1n) is 12.5. The van der Waals surface area contributed by atoms with Gasteiger partial charge in [-0.3, -0.25) is 4.90 Å². The smallest absolute Gasteiger partial charge is 0.414 e. The van der Waals surface area contributed by atoms with E-state index in [4.69, 9.17) is 0 Å². The number of anilines is 1. The molecule has 172 valence electrons. The zero-order valence-corrected chi connectivity index (χ0v) is 19.3. The van der Waals surface area contributed by atoms with Crippen LogP contribution in [0, 0.1) is 6.92 Å². The van der Waals surface area contributed by atoms with Crippen LogP contribution in [0.1, 0.15) is 55.3 Å². The van der Waals surface area contributed by atoms with Crippen molar-refractivity contribution in [1.82, 2.24) is 9.38 Å². The molecule has 2 aromatic rings. The summed E-state index contributed by atoms with van der Waals surface area (Å²) in [7, 11) is 0. The highest BCUT2D eigenvalue weighted by molar-refractivity contribution is 6.58. The molecule has 0 N–H and O–H groups in total. The molecule has 4 nitrogen and oxygen atoms in total. The number of benzene rings is 1. The van der Waals surface area contributed by atoms with E-state index < -0.39 is 6.97 Å². The number of fused-ring (bicyclic) bond motifs is 2. The van der Waals surface area contributed by atoms with Gasteiger partial charge in [0.15, 0.2) is 0 Å².